The first-order valence-electron chi connectivity index (χ1n) is 33.4. The van der Waals surface area contributed by atoms with Crippen molar-refractivity contribution in [3.05, 3.63) is 144 Å². The average molecular weight is 1190 g/mol. The summed E-state index contributed by atoms with van der Waals surface area (Å²) in [7, 11) is 1.48. The Kier molecular flexibility index (Phi) is 37.2. The molecule has 7 atom stereocenters. The number of unbranched alkanes of at least 4 members (excludes halogenated alkanes) is 22. The second kappa shape index (κ2) is 44.9. The van der Waals surface area contributed by atoms with Crippen molar-refractivity contribution in [2.45, 2.75) is 270 Å². The van der Waals surface area contributed by atoms with Crippen molar-refractivity contribution >= 4 is 23.7 Å². The molecule has 1 aliphatic heterocycles. The Morgan fingerprint density at radius 2 is 0.791 bits per heavy atom. The van der Waals surface area contributed by atoms with Crippen LogP contribution in [0.15, 0.2) is 121 Å². The van der Waals surface area contributed by atoms with Crippen LogP contribution in [0, 0.1) is 5.92 Å². The molecule has 0 unspecified atom stereocenters. The van der Waals surface area contributed by atoms with Crippen LogP contribution < -0.4 is 16.0 Å². The number of carbonyl (C=O) groups is 4. The number of hydrogen-bond donors (Lipinski definition) is 3. The lowest BCUT2D eigenvalue weighted by atomic mass is 9.92. The maximum Gasteiger partial charge on any atom is 0.306 e. The molecule has 0 bridgehead atoms. The van der Waals surface area contributed by atoms with E-state index in [-0.39, 0.29) is 51.1 Å². The van der Waals surface area contributed by atoms with Gasteiger partial charge in [0.25, 0.3) is 0 Å². The van der Waals surface area contributed by atoms with E-state index in [1.165, 1.54) is 123 Å². The number of carbonyl (C=O) groups excluding carboxylic acids is 4. The zero-order valence-electron chi connectivity index (χ0n) is 53.1. The van der Waals surface area contributed by atoms with Gasteiger partial charge in [0, 0.05) is 19.4 Å². The number of esters is 1. The molecule has 1 saturated heterocycles. The molecule has 13 heteroatoms. The summed E-state index contributed by atoms with van der Waals surface area (Å²) in [5.41, 5.74) is 3.71. The lowest BCUT2D eigenvalue weighted by Gasteiger charge is -2.45. The van der Waals surface area contributed by atoms with E-state index >= 15 is 0 Å². The molecule has 0 saturated carbocycles. The largest absolute Gasteiger partial charge is 0.461 e. The minimum Gasteiger partial charge on any atom is -0.461 e. The monoisotopic (exact) mass is 1190 g/mol. The summed E-state index contributed by atoms with van der Waals surface area (Å²) in [6.45, 7) is 6.93. The minimum atomic E-state index is -1.27. The third-order valence-corrected chi connectivity index (χ3v) is 16.6. The fraction of sp³-hybridized carbons (Fsp3) is 0.616. The van der Waals surface area contributed by atoms with Gasteiger partial charge in [-0.1, -0.05) is 289 Å². The SMILES string of the molecule is CCCCCCCCCCCCCCC(CCCCCCCCCCCCCC)C(=O)N[C@@H](CO[C@@H]1O[C@@H](C)[C@@H](OCc2ccccc2)[C@@H](OCc2ccccc2)[C@@H]1OCc1ccccc1)C(=O)N[C@H](CCC(=O)OCc1ccccc1)C(=O)NC. The van der Waals surface area contributed by atoms with Crippen LogP contribution in [0.2, 0.25) is 0 Å². The first kappa shape index (κ1) is 71.3. The van der Waals surface area contributed by atoms with E-state index in [2.05, 4.69) is 29.8 Å². The molecule has 0 aliphatic carbocycles. The Bertz CT molecular complexity index is 2340. The summed E-state index contributed by atoms with van der Waals surface area (Å²) in [5, 5.41) is 8.70. The van der Waals surface area contributed by atoms with Crippen molar-refractivity contribution < 1.29 is 47.6 Å². The van der Waals surface area contributed by atoms with Crippen LogP contribution in [-0.2, 0) is 74.0 Å². The van der Waals surface area contributed by atoms with Crippen molar-refractivity contribution in [3.63, 3.8) is 0 Å². The molecule has 0 radical (unpaired) electrons. The molecule has 476 valence electrons. The maximum atomic E-state index is 15.0. The molecule has 5 rings (SSSR count). The van der Waals surface area contributed by atoms with Crippen LogP contribution in [-0.4, -0.2) is 80.1 Å². The molecule has 1 fully saturated rings. The van der Waals surface area contributed by atoms with Crippen molar-refractivity contribution in [2.75, 3.05) is 13.7 Å². The number of benzene rings is 4. The highest BCUT2D eigenvalue weighted by Gasteiger charge is 2.48. The van der Waals surface area contributed by atoms with E-state index in [4.69, 9.17) is 28.4 Å². The summed E-state index contributed by atoms with van der Waals surface area (Å²) in [4.78, 5) is 56.6. The van der Waals surface area contributed by atoms with Gasteiger partial charge >= 0.3 is 5.97 Å². The van der Waals surface area contributed by atoms with Crippen LogP contribution >= 0.6 is 0 Å². The number of ether oxygens (including phenoxy) is 6. The molecule has 0 aromatic heterocycles. The van der Waals surface area contributed by atoms with Crippen LogP contribution in [0.25, 0.3) is 0 Å². The van der Waals surface area contributed by atoms with Gasteiger partial charge in [-0.25, -0.2) is 0 Å². The molecule has 0 spiro atoms. The first-order chi connectivity index (χ1) is 42.2. The maximum absolute atomic E-state index is 15.0. The molecule has 3 amide bonds. The molecule has 1 aliphatic rings. The van der Waals surface area contributed by atoms with Crippen molar-refractivity contribution in [1.29, 1.82) is 0 Å². The number of nitrogens with one attached hydrogen (secondary N) is 3. The Morgan fingerprint density at radius 3 is 1.21 bits per heavy atom. The summed E-state index contributed by atoms with van der Waals surface area (Å²) in [5.74, 6) is -2.20. The lowest BCUT2D eigenvalue weighted by Crippen LogP contribution is -2.61. The zero-order chi connectivity index (χ0) is 61.1. The van der Waals surface area contributed by atoms with E-state index in [1.807, 2.05) is 128 Å². The van der Waals surface area contributed by atoms with E-state index in [0.29, 0.717) is 19.4 Å². The zero-order valence-corrected chi connectivity index (χ0v) is 53.1. The standard InChI is InChI=1S/C73H109N3O10/c1-5-7-9-11-13-15-17-19-21-23-25-39-49-63(50-40-26-24-22-20-18-16-14-12-10-8-6-2)70(78)76-65(72(80)75-64(71(79)74-4)51-52-66(77)81-53-59-41-31-27-32-42-59)57-85-73-69(84-56-62-47-37-30-38-48-62)68(83-55-61-45-35-29-36-46-61)67(58(3)86-73)82-54-60-43-33-28-34-44-60/h27-38,41-48,58,63-65,67-69,73H,5-26,39-40,49-57H2,1-4H3,(H,74,79)(H,75,80)(H,76,78)/t58-,64+,65-,67+,68+,69-,73+/m0/s1. The number of amides is 3. The molecular formula is C73H109N3O10. The van der Waals surface area contributed by atoms with Gasteiger partial charge in [0.2, 0.25) is 17.7 Å². The Morgan fingerprint density at radius 1 is 0.419 bits per heavy atom. The molecular weight excluding hydrogens is 1080 g/mol. The van der Waals surface area contributed by atoms with Gasteiger partial charge in [-0.2, -0.15) is 0 Å². The van der Waals surface area contributed by atoms with Crippen molar-refractivity contribution in [1.82, 2.24) is 16.0 Å². The molecule has 1 heterocycles. The van der Waals surface area contributed by atoms with Gasteiger partial charge in [-0.15, -0.1) is 0 Å². The Balaban J connectivity index is 1.37. The summed E-state index contributed by atoms with van der Waals surface area (Å²) in [6, 6.07) is 36.7. The van der Waals surface area contributed by atoms with Crippen LogP contribution in [0.3, 0.4) is 0 Å². The van der Waals surface area contributed by atoms with Gasteiger partial charge in [-0.3, -0.25) is 19.2 Å². The van der Waals surface area contributed by atoms with E-state index < -0.39 is 60.6 Å². The fourth-order valence-electron chi connectivity index (χ4n) is 11.3. The second-order valence-electron chi connectivity index (χ2n) is 23.8. The van der Waals surface area contributed by atoms with E-state index in [0.717, 1.165) is 60.8 Å². The molecule has 13 nitrogen and oxygen atoms in total. The van der Waals surface area contributed by atoms with Gasteiger partial charge in [0.05, 0.1) is 32.5 Å². The van der Waals surface area contributed by atoms with Gasteiger partial charge in [-0.05, 0) is 48.4 Å². The topological polar surface area (TPSA) is 160 Å². The normalized spacial score (nSPS) is 17.4. The van der Waals surface area contributed by atoms with E-state index in [9.17, 15) is 19.2 Å². The Labute approximate surface area is 517 Å². The highest BCUT2D eigenvalue weighted by molar-refractivity contribution is 5.92. The quantitative estimate of drug-likeness (QED) is 0.0287. The third kappa shape index (κ3) is 29.5. The van der Waals surface area contributed by atoms with Gasteiger partial charge in [0.1, 0.15) is 37.0 Å². The van der Waals surface area contributed by atoms with Gasteiger partial charge < -0.3 is 44.4 Å². The fourth-order valence-corrected chi connectivity index (χ4v) is 11.3. The smallest absolute Gasteiger partial charge is 0.306 e. The van der Waals surface area contributed by atoms with Crippen molar-refractivity contribution in [2.24, 2.45) is 5.92 Å². The predicted octanol–water partition coefficient (Wildman–Crippen LogP) is 15.5. The molecule has 4 aromatic carbocycles. The van der Waals surface area contributed by atoms with Crippen LogP contribution in [0.1, 0.15) is 223 Å². The first-order valence-corrected chi connectivity index (χ1v) is 33.4. The van der Waals surface area contributed by atoms with E-state index in [1.54, 1.807) is 0 Å². The third-order valence-electron chi connectivity index (χ3n) is 16.6. The number of rotatable bonds is 48. The van der Waals surface area contributed by atoms with Crippen LogP contribution in [0.5, 0.6) is 0 Å². The lowest BCUT2D eigenvalue weighted by molar-refractivity contribution is -0.320. The van der Waals surface area contributed by atoms with Crippen LogP contribution in [0.4, 0.5) is 0 Å². The number of hydrogen-bond acceptors (Lipinski definition) is 10. The molecule has 86 heavy (non-hydrogen) atoms. The highest BCUT2D eigenvalue weighted by atomic mass is 16.7. The Hall–Kier alpha value is -5.44. The number of likely N-dealkylation sites (N-methyl/N-ethyl adjacent to an activating group) is 1. The average Bonchev–Trinajstić information content (AvgIpc) is 2.64. The van der Waals surface area contributed by atoms with Crippen molar-refractivity contribution in [3.8, 4) is 0 Å². The highest BCUT2D eigenvalue weighted by Crippen LogP contribution is 2.32. The summed E-state index contributed by atoms with van der Waals surface area (Å²) < 4.78 is 39.5. The van der Waals surface area contributed by atoms with Gasteiger partial charge in [0.15, 0.2) is 6.29 Å². The summed E-state index contributed by atoms with van der Waals surface area (Å²) in [6.07, 6.45) is 26.7. The molecule has 4 aromatic rings. The minimum absolute atomic E-state index is 0.0371. The predicted molar refractivity (Wildman–Crippen MR) is 344 cm³/mol. The summed E-state index contributed by atoms with van der Waals surface area (Å²) >= 11 is 0. The second-order valence-corrected chi connectivity index (χ2v) is 23.8. The molecule has 3 N–H and O–H groups in total.